The van der Waals surface area contributed by atoms with E-state index in [1.54, 1.807) is 6.20 Å². The summed E-state index contributed by atoms with van der Waals surface area (Å²) in [6.07, 6.45) is 4.56. The Morgan fingerprint density at radius 3 is 2.88 bits per heavy atom. The minimum absolute atomic E-state index is 0.218. The number of rotatable bonds is 5. The quantitative estimate of drug-likeness (QED) is 0.872. The number of amides is 2. The van der Waals surface area contributed by atoms with Crippen LogP contribution < -0.4 is 10.6 Å². The zero-order valence-corrected chi connectivity index (χ0v) is 14.3. The molecule has 3 rings (SSSR count). The van der Waals surface area contributed by atoms with Gasteiger partial charge in [0.25, 0.3) is 0 Å². The summed E-state index contributed by atoms with van der Waals surface area (Å²) < 4.78 is 7.22. The number of hydrogen-bond acceptors (Lipinski definition) is 3. The molecule has 24 heavy (non-hydrogen) atoms. The standard InChI is InChI=1S/C17H21ClN4O2/c1-22-8-7-19-16(22)15(13-2-4-14(18)5-3-13)21-17(23)20-10-12-6-9-24-11-12/h2-5,7-8,12,15H,6,9-11H2,1H3,(H2,20,21,23)/t12-,15-/m1/s1. The first-order chi connectivity index (χ1) is 11.6. The summed E-state index contributed by atoms with van der Waals surface area (Å²) in [7, 11) is 1.90. The summed E-state index contributed by atoms with van der Waals surface area (Å²) in [4.78, 5) is 16.7. The lowest BCUT2D eigenvalue weighted by molar-refractivity contribution is 0.185. The van der Waals surface area contributed by atoms with Gasteiger partial charge in [-0.3, -0.25) is 0 Å². The Morgan fingerprint density at radius 2 is 2.25 bits per heavy atom. The Bertz CT molecular complexity index is 680. The number of carbonyl (C=O) groups is 1. The third kappa shape index (κ3) is 4.07. The third-order valence-electron chi connectivity index (χ3n) is 4.17. The number of aromatic nitrogens is 2. The molecule has 6 nitrogen and oxygen atoms in total. The Hall–Kier alpha value is -2.05. The maximum atomic E-state index is 12.3. The molecular formula is C17H21ClN4O2. The van der Waals surface area contributed by atoms with Crippen molar-refractivity contribution in [3.63, 3.8) is 0 Å². The molecule has 2 atom stereocenters. The number of nitrogens with one attached hydrogen (secondary N) is 2. The van der Waals surface area contributed by atoms with Gasteiger partial charge in [-0.1, -0.05) is 23.7 Å². The van der Waals surface area contributed by atoms with Gasteiger partial charge in [0.1, 0.15) is 11.9 Å². The van der Waals surface area contributed by atoms with Gasteiger partial charge in [0.2, 0.25) is 0 Å². The van der Waals surface area contributed by atoms with Crippen molar-refractivity contribution in [2.24, 2.45) is 13.0 Å². The molecular weight excluding hydrogens is 328 g/mol. The van der Waals surface area contributed by atoms with E-state index in [9.17, 15) is 4.79 Å². The van der Waals surface area contributed by atoms with Crippen molar-refractivity contribution >= 4 is 17.6 Å². The minimum atomic E-state index is -0.345. The Balaban J connectivity index is 1.71. The highest BCUT2D eigenvalue weighted by Crippen LogP contribution is 2.22. The number of urea groups is 1. The number of nitrogens with zero attached hydrogens (tertiary/aromatic N) is 2. The first-order valence-electron chi connectivity index (χ1n) is 7.98. The van der Waals surface area contributed by atoms with Gasteiger partial charge in [0, 0.05) is 43.5 Å². The van der Waals surface area contributed by atoms with Crippen LogP contribution in [0.15, 0.2) is 36.7 Å². The van der Waals surface area contributed by atoms with E-state index in [0.29, 0.717) is 24.1 Å². The van der Waals surface area contributed by atoms with Crippen molar-refractivity contribution in [3.8, 4) is 0 Å². The highest BCUT2D eigenvalue weighted by Gasteiger charge is 2.22. The van der Waals surface area contributed by atoms with Crippen LogP contribution in [0.5, 0.6) is 0 Å². The van der Waals surface area contributed by atoms with E-state index in [0.717, 1.165) is 24.4 Å². The number of benzene rings is 1. The van der Waals surface area contributed by atoms with E-state index in [2.05, 4.69) is 15.6 Å². The van der Waals surface area contributed by atoms with Gasteiger partial charge in [-0.15, -0.1) is 0 Å². The van der Waals surface area contributed by atoms with Gasteiger partial charge in [0.05, 0.1) is 6.61 Å². The summed E-state index contributed by atoms with van der Waals surface area (Å²) in [5, 5.41) is 6.58. The van der Waals surface area contributed by atoms with E-state index < -0.39 is 0 Å². The molecule has 128 valence electrons. The van der Waals surface area contributed by atoms with Crippen LogP contribution in [0.25, 0.3) is 0 Å². The lowest BCUT2D eigenvalue weighted by Crippen LogP contribution is -2.41. The Morgan fingerprint density at radius 1 is 1.46 bits per heavy atom. The highest BCUT2D eigenvalue weighted by molar-refractivity contribution is 6.30. The lowest BCUT2D eigenvalue weighted by Gasteiger charge is -2.20. The fourth-order valence-electron chi connectivity index (χ4n) is 2.77. The van der Waals surface area contributed by atoms with Crippen LogP contribution in [0.3, 0.4) is 0 Å². The Kier molecular flexibility index (Phi) is 5.37. The molecule has 0 aliphatic carbocycles. The average Bonchev–Trinajstić information content (AvgIpc) is 3.23. The van der Waals surface area contributed by atoms with Gasteiger partial charge < -0.3 is 19.9 Å². The predicted octanol–water partition coefficient (Wildman–Crippen LogP) is 2.50. The van der Waals surface area contributed by atoms with Crippen LogP contribution in [-0.4, -0.2) is 35.3 Å². The fourth-order valence-corrected chi connectivity index (χ4v) is 2.90. The maximum absolute atomic E-state index is 12.3. The monoisotopic (exact) mass is 348 g/mol. The summed E-state index contributed by atoms with van der Waals surface area (Å²) in [6.45, 7) is 2.09. The summed E-state index contributed by atoms with van der Waals surface area (Å²) in [5.74, 6) is 1.15. The van der Waals surface area contributed by atoms with Crippen LogP contribution in [0, 0.1) is 5.92 Å². The molecule has 1 aliphatic heterocycles. The van der Waals surface area contributed by atoms with Gasteiger partial charge in [0.15, 0.2) is 0 Å². The summed E-state index contributed by atoms with van der Waals surface area (Å²) in [6, 6.07) is 6.84. The third-order valence-corrected chi connectivity index (χ3v) is 4.42. The van der Waals surface area contributed by atoms with Gasteiger partial charge in [-0.05, 0) is 24.1 Å². The lowest BCUT2D eigenvalue weighted by atomic mass is 10.1. The molecule has 7 heteroatoms. The first kappa shape index (κ1) is 16.8. The first-order valence-corrected chi connectivity index (χ1v) is 8.36. The van der Waals surface area contributed by atoms with Gasteiger partial charge >= 0.3 is 6.03 Å². The number of hydrogen-bond donors (Lipinski definition) is 2. The molecule has 1 fully saturated rings. The van der Waals surface area contributed by atoms with Crippen LogP contribution in [-0.2, 0) is 11.8 Å². The molecule has 0 saturated carbocycles. The zero-order valence-electron chi connectivity index (χ0n) is 13.5. The second-order valence-corrected chi connectivity index (χ2v) is 6.40. The SMILES string of the molecule is Cn1ccnc1[C@H](NC(=O)NC[C@H]1CCOC1)c1ccc(Cl)cc1. The summed E-state index contributed by atoms with van der Waals surface area (Å²) in [5.41, 5.74) is 0.924. The molecule has 2 N–H and O–H groups in total. The van der Waals surface area contributed by atoms with Crippen molar-refractivity contribution in [1.29, 1.82) is 0 Å². The number of imidazole rings is 1. The fraction of sp³-hybridized carbons (Fsp3) is 0.412. The van der Waals surface area contributed by atoms with Crippen LogP contribution in [0.4, 0.5) is 4.79 Å². The number of aryl methyl sites for hydroxylation is 1. The molecule has 1 aliphatic rings. The molecule has 2 amide bonds. The molecule has 0 spiro atoms. The van der Waals surface area contributed by atoms with E-state index in [4.69, 9.17) is 16.3 Å². The molecule has 1 saturated heterocycles. The normalized spacial score (nSPS) is 18.3. The molecule has 1 aromatic heterocycles. The van der Waals surface area contributed by atoms with Crippen molar-refractivity contribution in [3.05, 3.63) is 53.1 Å². The van der Waals surface area contributed by atoms with Crippen LogP contribution in [0.1, 0.15) is 23.9 Å². The molecule has 2 heterocycles. The second-order valence-electron chi connectivity index (χ2n) is 5.96. The number of halogens is 1. The van der Waals surface area contributed by atoms with E-state index >= 15 is 0 Å². The molecule has 0 bridgehead atoms. The topological polar surface area (TPSA) is 68.2 Å². The van der Waals surface area contributed by atoms with Crippen LogP contribution in [0.2, 0.25) is 5.02 Å². The summed E-state index contributed by atoms with van der Waals surface area (Å²) >= 11 is 5.97. The van der Waals surface area contributed by atoms with E-state index in [1.807, 2.05) is 42.1 Å². The Labute approximate surface area is 146 Å². The minimum Gasteiger partial charge on any atom is -0.381 e. The van der Waals surface area contributed by atoms with Crippen molar-refractivity contribution in [2.75, 3.05) is 19.8 Å². The predicted molar refractivity (Wildman–Crippen MR) is 92.0 cm³/mol. The second kappa shape index (κ2) is 7.68. The van der Waals surface area contributed by atoms with Crippen LogP contribution >= 0.6 is 11.6 Å². The smallest absolute Gasteiger partial charge is 0.315 e. The largest absolute Gasteiger partial charge is 0.381 e. The molecule has 0 radical (unpaired) electrons. The average molecular weight is 349 g/mol. The molecule has 0 unspecified atom stereocenters. The van der Waals surface area contributed by atoms with Gasteiger partial charge in [-0.25, -0.2) is 9.78 Å². The zero-order chi connectivity index (χ0) is 16.9. The van der Waals surface area contributed by atoms with Gasteiger partial charge in [-0.2, -0.15) is 0 Å². The molecule has 2 aromatic rings. The van der Waals surface area contributed by atoms with E-state index in [1.165, 1.54) is 0 Å². The van der Waals surface area contributed by atoms with Crippen molar-refractivity contribution in [1.82, 2.24) is 20.2 Å². The number of carbonyl (C=O) groups excluding carboxylic acids is 1. The highest BCUT2D eigenvalue weighted by atomic mass is 35.5. The number of ether oxygens (including phenoxy) is 1. The molecule has 1 aromatic carbocycles. The van der Waals surface area contributed by atoms with E-state index in [-0.39, 0.29) is 12.1 Å². The van der Waals surface area contributed by atoms with Crippen molar-refractivity contribution < 1.29 is 9.53 Å². The van der Waals surface area contributed by atoms with Crippen molar-refractivity contribution in [2.45, 2.75) is 12.5 Å². The maximum Gasteiger partial charge on any atom is 0.315 e.